The Morgan fingerprint density at radius 2 is 1.59 bits per heavy atom. The fraction of sp³-hybridized carbons (Fsp3) is 0.500. The Kier molecular flexibility index (Phi) is 10.0. The second-order valence-electron chi connectivity index (χ2n) is 8.83. The van der Waals surface area contributed by atoms with Crippen LogP contribution in [0, 0.1) is 5.92 Å². The lowest BCUT2D eigenvalue weighted by molar-refractivity contribution is -0.129. The van der Waals surface area contributed by atoms with Gasteiger partial charge < -0.3 is 34.1 Å². The van der Waals surface area contributed by atoms with Crippen molar-refractivity contribution in [1.82, 2.24) is 10.2 Å². The van der Waals surface area contributed by atoms with Crippen LogP contribution in [0.4, 0.5) is 5.69 Å². The molecule has 202 valence electrons. The van der Waals surface area contributed by atoms with Gasteiger partial charge in [0, 0.05) is 31.6 Å². The molecule has 2 amide bonds. The van der Waals surface area contributed by atoms with Crippen molar-refractivity contribution in [2.75, 3.05) is 59.5 Å². The summed E-state index contributed by atoms with van der Waals surface area (Å²) in [6.07, 6.45) is 0.699. The zero-order valence-electron chi connectivity index (χ0n) is 22.7. The summed E-state index contributed by atoms with van der Waals surface area (Å²) in [5.74, 6) is 1.41. The van der Waals surface area contributed by atoms with E-state index in [1.54, 1.807) is 24.1 Å². The zero-order chi connectivity index (χ0) is 26.9. The molecule has 0 spiro atoms. The first-order valence-electron chi connectivity index (χ1n) is 12.7. The van der Waals surface area contributed by atoms with E-state index in [1.807, 2.05) is 24.3 Å². The minimum absolute atomic E-state index is 0.0714. The first-order valence-corrected chi connectivity index (χ1v) is 12.7. The van der Waals surface area contributed by atoms with E-state index in [2.05, 4.69) is 24.1 Å². The topological polar surface area (TPSA) is 89.6 Å². The van der Waals surface area contributed by atoms with Crippen molar-refractivity contribution in [1.29, 1.82) is 0 Å². The highest BCUT2D eigenvalue weighted by molar-refractivity contribution is 5.98. The maximum absolute atomic E-state index is 13.5. The molecule has 0 saturated carbocycles. The monoisotopic (exact) mass is 513 g/mol. The summed E-state index contributed by atoms with van der Waals surface area (Å²) in [6, 6.07) is 10.5. The van der Waals surface area contributed by atoms with E-state index in [0.717, 1.165) is 25.2 Å². The van der Waals surface area contributed by atoms with Gasteiger partial charge in [-0.25, -0.2) is 0 Å². The first-order chi connectivity index (χ1) is 17.9. The average Bonchev–Trinajstić information content (AvgIpc) is 2.94. The van der Waals surface area contributed by atoms with E-state index in [9.17, 15) is 9.59 Å². The van der Waals surface area contributed by atoms with Crippen LogP contribution in [-0.4, -0.2) is 71.3 Å². The second-order valence-corrected chi connectivity index (χ2v) is 8.83. The number of piperidine rings is 1. The number of benzene rings is 2. The lowest BCUT2D eigenvalue weighted by Gasteiger charge is -2.41. The molecule has 1 fully saturated rings. The number of hydrogen-bond acceptors (Lipinski definition) is 7. The van der Waals surface area contributed by atoms with E-state index >= 15 is 0 Å². The van der Waals surface area contributed by atoms with Crippen molar-refractivity contribution in [2.24, 2.45) is 5.92 Å². The van der Waals surface area contributed by atoms with Crippen molar-refractivity contribution in [2.45, 2.75) is 32.7 Å². The van der Waals surface area contributed by atoms with E-state index < -0.39 is 12.0 Å². The lowest BCUT2D eigenvalue weighted by atomic mass is 9.83. The van der Waals surface area contributed by atoms with Crippen LogP contribution in [0.5, 0.6) is 23.0 Å². The molecule has 0 unspecified atom stereocenters. The summed E-state index contributed by atoms with van der Waals surface area (Å²) in [5.41, 5.74) is 1.41. The van der Waals surface area contributed by atoms with Crippen molar-refractivity contribution in [3.8, 4) is 23.0 Å². The Labute approximate surface area is 219 Å². The van der Waals surface area contributed by atoms with Crippen molar-refractivity contribution < 1.29 is 28.5 Å². The zero-order valence-corrected chi connectivity index (χ0v) is 22.7. The number of nitrogens with zero attached hydrogens (tertiary/aromatic N) is 2. The van der Waals surface area contributed by atoms with Crippen LogP contribution in [0.2, 0.25) is 0 Å². The van der Waals surface area contributed by atoms with Gasteiger partial charge in [0.25, 0.3) is 0 Å². The predicted molar refractivity (Wildman–Crippen MR) is 143 cm³/mol. The number of likely N-dealkylation sites (N-methyl/N-ethyl adjacent to an activating group) is 1. The molecule has 1 saturated heterocycles. The molecule has 0 bridgehead atoms. The smallest absolute Gasteiger partial charge is 0.227 e. The number of hydrogen-bond donors (Lipinski definition) is 1. The molecular weight excluding hydrogens is 474 g/mol. The van der Waals surface area contributed by atoms with Crippen LogP contribution < -0.4 is 29.2 Å². The van der Waals surface area contributed by atoms with Crippen LogP contribution in [0.1, 0.15) is 38.3 Å². The molecule has 3 rings (SSSR count). The third-order valence-electron chi connectivity index (χ3n) is 6.94. The maximum Gasteiger partial charge on any atom is 0.227 e. The molecule has 1 aliphatic rings. The number of carbonyl (C=O) groups is 2. The minimum Gasteiger partial charge on any atom is -0.497 e. The fourth-order valence-electron chi connectivity index (χ4n) is 4.87. The number of amides is 2. The SMILES string of the molecule is CCN(CC)CCNC(=O)[C@H]1CCC(=O)N(c2cc(OC)c(OC)c(OC)c2)[C@H]1c1ccc(OC)cc1. The third-order valence-corrected chi connectivity index (χ3v) is 6.94. The highest BCUT2D eigenvalue weighted by Gasteiger charge is 2.42. The second kappa shape index (κ2) is 13.2. The van der Waals surface area contributed by atoms with Gasteiger partial charge in [0.15, 0.2) is 11.5 Å². The van der Waals surface area contributed by atoms with Gasteiger partial charge in [0.05, 0.1) is 46.1 Å². The van der Waals surface area contributed by atoms with Crippen LogP contribution in [0.3, 0.4) is 0 Å². The Hall–Kier alpha value is -3.46. The molecule has 37 heavy (non-hydrogen) atoms. The van der Waals surface area contributed by atoms with Crippen LogP contribution in [-0.2, 0) is 9.59 Å². The Morgan fingerprint density at radius 1 is 0.973 bits per heavy atom. The summed E-state index contributed by atoms with van der Waals surface area (Å²) in [6.45, 7) is 7.38. The predicted octanol–water partition coefficient (Wildman–Crippen LogP) is 3.66. The largest absolute Gasteiger partial charge is 0.497 e. The van der Waals surface area contributed by atoms with Gasteiger partial charge in [-0.15, -0.1) is 0 Å². The number of nitrogens with one attached hydrogen (secondary N) is 1. The molecule has 2 atom stereocenters. The summed E-state index contributed by atoms with van der Waals surface area (Å²) in [5, 5.41) is 3.11. The van der Waals surface area contributed by atoms with Gasteiger partial charge >= 0.3 is 0 Å². The van der Waals surface area contributed by atoms with Crippen LogP contribution >= 0.6 is 0 Å². The summed E-state index contributed by atoms with van der Waals surface area (Å²) in [4.78, 5) is 30.9. The Morgan fingerprint density at radius 3 is 2.11 bits per heavy atom. The van der Waals surface area contributed by atoms with Gasteiger partial charge in [-0.1, -0.05) is 26.0 Å². The molecule has 0 aliphatic carbocycles. The number of rotatable bonds is 12. The number of ether oxygens (including phenoxy) is 4. The van der Waals surface area contributed by atoms with Gasteiger partial charge in [0.2, 0.25) is 17.6 Å². The first kappa shape index (κ1) is 28.1. The van der Waals surface area contributed by atoms with E-state index in [1.165, 1.54) is 21.3 Å². The molecular formula is C28H39N3O6. The normalized spacial score (nSPS) is 17.5. The van der Waals surface area contributed by atoms with Gasteiger partial charge in [-0.2, -0.15) is 0 Å². The molecule has 1 heterocycles. The van der Waals surface area contributed by atoms with E-state index in [-0.39, 0.29) is 18.2 Å². The maximum atomic E-state index is 13.5. The average molecular weight is 514 g/mol. The molecule has 2 aromatic rings. The Bertz CT molecular complexity index is 1030. The summed E-state index contributed by atoms with van der Waals surface area (Å²) in [7, 11) is 6.21. The van der Waals surface area contributed by atoms with Crippen LogP contribution in [0.25, 0.3) is 0 Å². The van der Waals surface area contributed by atoms with E-state index in [4.69, 9.17) is 18.9 Å². The molecule has 9 nitrogen and oxygen atoms in total. The van der Waals surface area contributed by atoms with Gasteiger partial charge in [-0.3, -0.25) is 9.59 Å². The summed E-state index contributed by atoms with van der Waals surface area (Å²) >= 11 is 0. The molecule has 1 N–H and O–H groups in total. The fourth-order valence-corrected chi connectivity index (χ4v) is 4.87. The number of carbonyl (C=O) groups excluding carboxylic acids is 2. The molecule has 9 heteroatoms. The standard InChI is InChI=1S/C28H39N3O6/c1-7-30(8-2)16-15-29-28(33)22-13-14-25(32)31(26(22)19-9-11-21(34-3)12-10-19)20-17-23(35-4)27(37-6)24(18-20)36-5/h9-12,17-18,22,26H,7-8,13-16H2,1-6H3,(H,29,33)/t22-,26-/m0/s1. The molecule has 0 radical (unpaired) electrons. The van der Waals surface area contributed by atoms with Crippen molar-refractivity contribution in [3.05, 3.63) is 42.0 Å². The number of anilines is 1. The molecule has 2 aromatic carbocycles. The highest BCUT2D eigenvalue weighted by Crippen LogP contribution is 2.46. The van der Waals surface area contributed by atoms with Crippen molar-refractivity contribution >= 4 is 17.5 Å². The van der Waals surface area contributed by atoms with E-state index in [0.29, 0.717) is 41.7 Å². The minimum atomic E-state index is -0.525. The van der Waals surface area contributed by atoms with Gasteiger partial charge in [-0.05, 0) is 37.2 Å². The lowest BCUT2D eigenvalue weighted by Crippen LogP contribution is -2.49. The molecule has 1 aliphatic heterocycles. The summed E-state index contributed by atoms with van der Waals surface area (Å²) < 4.78 is 21.9. The van der Waals surface area contributed by atoms with Crippen molar-refractivity contribution in [3.63, 3.8) is 0 Å². The quantitative estimate of drug-likeness (QED) is 0.463. The third kappa shape index (κ3) is 6.28. The number of methoxy groups -OCH3 is 4. The van der Waals surface area contributed by atoms with Crippen LogP contribution in [0.15, 0.2) is 36.4 Å². The Balaban J connectivity index is 2.04. The highest BCUT2D eigenvalue weighted by atomic mass is 16.5. The van der Waals surface area contributed by atoms with Gasteiger partial charge in [0.1, 0.15) is 5.75 Å². The molecule has 0 aromatic heterocycles.